The van der Waals surface area contributed by atoms with E-state index in [9.17, 15) is 4.79 Å². The van der Waals surface area contributed by atoms with Crippen LogP contribution >= 0.6 is 0 Å². The van der Waals surface area contributed by atoms with Crippen molar-refractivity contribution < 1.29 is 4.79 Å². The second-order valence-corrected chi connectivity index (χ2v) is 4.57. The zero-order valence-electron chi connectivity index (χ0n) is 11.3. The number of hydrogen-bond acceptors (Lipinski definition) is 1. The topological polar surface area (TPSA) is 29.1 Å². The van der Waals surface area contributed by atoms with Crippen molar-refractivity contribution >= 4 is 5.91 Å². The second-order valence-electron chi connectivity index (χ2n) is 4.57. The fourth-order valence-electron chi connectivity index (χ4n) is 1.71. The van der Waals surface area contributed by atoms with Crippen LogP contribution in [-0.2, 0) is 4.79 Å². The van der Waals surface area contributed by atoms with E-state index in [1.807, 2.05) is 32.9 Å². The maximum atomic E-state index is 11.7. The van der Waals surface area contributed by atoms with Crippen molar-refractivity contribution in [3.63, 3.8) is 0 Å². The molecule has 0 aliphatic carbocycles. The summed E-state index contributed by atoms with van der Waals surface area (Å²) in [5.41, 5.74) is 0. The summed E-state index contributed by atoms with van der Waals surface area (Å²) in [6.45, 7) is 8.19. The highest BCUT2D eigenvalue weighted by atomic mass is 16.1. The predicted molar refractivity (Wildman–Crippen MR) is 70.3 cm³/mol. The number of nitrogens with one attached hydrogen (secondary N) is 1. The summed E-state index contributed by atoms with van der Waals surface area (Å²) >= 11 is 0. The van der Waals surface area contributed by atoms with E-state index in [0.717, 1.165) is 6.42 Å². The maximum absolute atomic E-state index is 11.7. The van der Waals surface area contributed by atoms with Gasteiger partial charge in [0.05, 0.1) is 0 Å². The normalized spacial score (nSPS) is 15.0. The monoisotopic (exact) mass is 225 g/mol. The maximum Gasteiger partial charge on any atom is 0.223 e. The molecule has 0 spiro atoms. The number of unbranched alkanes of at least 4 members (excludes halogenated alkanes) is 3. The second kappa shape index (κ2) is 9.44. The molecule has 2 atom stereocenters. The first-order valence-electron chi connectivity index (χ1n) is 6.55. The smallest absolute Gasteiger partial charge is 0.223 e. The molecule has 0 saturated heterocycles. The van der Waals surface area contributed by atoms with E-state index in [2.05, 4.69) is 12.2 Å². The quantitative estimate of drug-likeness (QED) is 0.495. The Bertz CT molecular complexity index is 211. The molecule has 0 aliphatic heterocycles. The predicted octanol–water partition coefficient (Wildman–Crippen LogP) is 3.67. The lowest BCUT2D eigenvalue weighted by molar-refractivity contribution is -0.125. The van der Waals surface area contributed by atoms with Crippen molar-refractivity contribution in [1.29, 1.82) is 0 Å². The lowest BCUT2D eigenvalue weighted by Crippen LogP contribution is -2.35. The molecule has 0 fully saturated rings. The first-order chi connectivity index (χ1) is 7.61. The highest BCUT2D eigenvalue weighted by Gasteiger charge is 2.13. The van der Waals surface area contributed by atoms with Crippen LogP contribution in [-0.4, -0.2) is 11.9 Å². The summed E-state index contributed by atoms with van der Waals surface area (Å²) in [5, 5.41) is 3.00. The van der Waals surface area contributed by atoms with Gasteiger partial charge in [0.15, 0.2) is 0 Å². The first-order valence-corrected chi connectivity index (χ1v) is 6.55. The molecular weight excluding hydrogens is 198 g/mol. The van der Waals surface area contributed by atoms with E-state index < -0.39 is 0 Å². The van der Waals surface area contributed by atoms with E-state index in [4.69, 9.17) is 0 Å². The Hall–Kier alpha value is -0.790. The molecular formula is C14H27NO. The minimum absolute atomic E-state index is 0.143. The van der Waals surface area contributed by atoms with E-state index in [-0.39, 0.29) is 17.9 Å². The average molecular weight is 225 g/mol. The van der Waals surface area contributed by atoms with E-state index in [0.29, 0.717) is 0 Å². The van der Waals surface area contributed by atoms with Crippen molar-refractivity contribution in [2.75, 3.05) is 0 Å². The zero-order chi connectivity index (χ0) is 12.4. The molecule has 2 nitrogen and oxygen atoms in total. The molecule has 16 heavy (non-hydrogen) atoms. The van der Waals surface area contributed by atoms with Gasteiger partial charge in [-0.1, -0.05) is 51.7 Å². The minimum atomic E-state index is 0.143. The van der Waals surface area contributed by atoms with Gasteiger partial charge in [0, 0.05) is 12.0 Å². The molecule has 2 unspecified atom stereocenters. The van der Waals surface area contributed by atoms with E-state index in [1.54, 1.807) is 0 Å². The van der Waals surface area contributed by atoms with Gasteiger partial charge < -0.3 is 5.32 Å². The van der Waals surface area contributed by atoms with Gasteiger partial charge in [-0.25, -0.2) is 0 Å². The highest BCUT2D eigenvalue weighted by molar-refractivity contribution is 5.78. The third-order valence-corrected chi connectivity index (χ3v) is 2.79. The lowest BCUT2D eigenvalue weighted by Gasteiger charge is -2.14. The molecule has 0 aromatic carbocycles. The Morgan fingerprint density at radius 2 is 1.94 bits per heavy atom. The van der Waals surface area contributed by atoms with Crippen molar-refractivity contribution in [2.24, 2.45) is 5.92 Å². The molecule has 0 saturated carbocycles. The van der Waals surface area contributed by atoms with Crippen molar-refractivity contribution in [3.05, 3.63) is 12.2 Å². The summed E-state index contributed by atoms with van der Waals surface area (Å²) in [6.07, 6.45) is 9.92. The van der Waals surface area contributed by atoms with Gasteiger partial charge >= 0.3 is 0 Å². The van der Waals surface area contributed by atoms with Crippen molar-refractivity contribution in [1.82, 2.24) is 5.32 Å². The Morgan fingerprint density at radius 3 is 2.50 bits per heavy atom. The summed E-state index contributed by atoms with van der Waals surface area (Å²) in [6, 6.07) is 0.149. The van der Waals surface area contributed by atoms with E-state index >= 15 is 0 Å². The Kier molecular flexibility index (Phi) is 8.97. The molecule has 1 N–H and O–H groups in total. The van der Waals surface area contributed by atoms with Crippen LogP contribution in [0.15, 0.2) is 12.2 Å². The first kappa shape index (κ1) is 15.2. The van der Waals surface area contributed by atoms with Crippen LogP contribution in [0.1, 0.15) is 59.8 Å². The third kappa shape index (κ3) is 7.49. The number of carbonyl (C=O) groups excluding carboxylic acids is 1. The van der Waals surface area contributed by atoms with Crippen LogP contribution in [0.2, 0.25) is 0 Å². The number of carbonyl (C=O) groups is 1. The molecule has 0 heterocycles. The molecule has 2 heteroatoms. The van der Waals surface area contributed by atoms with Gasteiger partial charge in [-0.05, 0) is 20.3 Å². The van der Waals surface area contributed by atoms with Gasteiger partial charge in [-0.2, -0.15) is 0 Å². The molecule has 0 bridgehead atoms. The van der Waals surface area contributed by atoms with Gasteiger partial charge in [0.25, 0.3) is 0 Å². The van der Waals surface area contributed by atoms with Crippen LogP contribution in [0.3, 0.4) is 0 Å². The Morgan fingerprint density at radius 1 is 1.25 bits per heavy atom. The zero-order valence-corrected chi connectivity index (χ0v) is 11.3. The van der Waals surface area contributed by atoms with Gasteiger partial charge in [-0.15, -0.1) is 0 Å². The fraction of sp³-hybridized carbons (Fsp3) is 0.786. The van der Waals surface area contributed by atoms with Crippen molar-refractivity contribution in [3.8, 4) is 0 Å². The number of hydrogen-bond donors (Lipinski definition) is 1. The van der Waals surface area contributed by atoms with Crippen LogP contribution in [0.25, 0.3) is 0 Å². The van der Waals surface area contributed by atoms with Crippen LogP contribution in [0.4, 0.5) is 0 Å². The number of amides is 1. The van der Waals surface area contributed by atoms with Gasteiger partial charge in [-0.3, -0.25) is 4.79 Å². The number of rotatable bonds is 8. The molecule has 94 valence electrons. The Labute approximate surface area is 101 Å². The average Bonchev–Trinajstić information content (AvgIpc) is 2.24. The third-order valence-electron chi connectivity index (χ3n) is 2.79. The summed E-state index contributed by atoms with van der Waals surface area (Å²) in [7, 11) is 0. The van der Waals surface area contributed by atoms with Crippen LogP contribution < -0.4 is 5.32 Å². The number of allylic oxidation sites excluding steroid dienone is 1. The highest BCUT2D eigenvalue weighted by Crippen LogP contribution is 2.10. The largest absolute Gasteiger partial charge is 0.350 e. The van der Waals surface area contributed by atoms with Gasteiger partial charge in [0.1, 0.15) is 0 Å². The summed E-state index contributed by atoms with van der Waals surface area (Å²) in [4.78, 5) is 11.7. The molecule has 0 aliphatic rings. The fourth-order valence-corrected chi connectivity index (χ4v) is 1.71. The molecule has 0 rings (SSSR count). The SMILES string of the molecule is C/C=C\C(C)NC(=O)C(C)CCCCCC. The summed E-state index contributed by atoms with van der Waals surface area (Å²) in [5.74, 6) is 0.326. The summed E-state index contributed by atoms with van der Waals surface area (Å²) < 4.78 is 0. The Balaban J connectivity index is 3.72. The minimum Gasteiger partial charge on any atom is -0.350 e. The van der Waals surface area contributed by atoms with Gasteiger partial charge in [0.2, 0.25) is 5.91 Å². The lowest BCUT2D eigenvalue weighted by atomic mass is 10.0. The molecule has 0 aromatic heterocycles. The standard InChI is InChI=1S/C14H27NO/c1-5-7-8-9-11-12(3)14(16)15-13(4)10-6-2/h6,10,12-13H,5,7-9,11H2,1-4H3,(H,15,16)/b10-6-. The molecule has 1 amide bonds. The van der Waals surface area contributed by atoms with Crippen molar-refractivity contribution in [2.45, 2.75) is 65.8 Å². The van der Waals surface area contributed by atoms with E-state index in [1.165, 1.54) is 25.7 Å². The molecule has 0 radical (unpaired) electrons. The van der Waals surface area contributed by atoms with Crippen LogP contribution in [0.5, 0.6) is 0 Å². The van der Waals surface area contributed by atoms with Crippen LogP contribution in [0, 0.1) is 5.92 Å². The molecule has 0 aromatic rings.